The molecule has 9 heteroatoms. The fraction of sp³-hybridized carbons (Fsp3) is 0.0667. The Labute approximate surface area is 150 Å². The molecule has 0 atom stereocenters. The fourth-order valence-corrected chi connectivity index (χ4v) is 4.12. The average molecular weight is 461 g/mol. The van der Waals surface area contributed by atoms with Crippen molar-refractivity contribution in [2.75, 3.05) is 4.90 Å². The number of amides is 2. The van der Waals surface area contributed by atoms with Crippen LogP contribution in [-0.4, -0.2) is 18.1 Å². The maximum Gasteiger partial charge on any atom is 0.586 e. The molecule has 0 radical (unpaired) electrons. The van der Waals surface area contributed by atoms with Crippen molar-refractivity contribution in [3.63, 3.8) is 0 Å². The van der Waals surface area contributed by atoms with Crippen LogP contribution >= 0.6 is 31.9 Å². The van der Waals surface area contributed by atoms with Crippen molar-refractivity contribution in [3.05, 3.63) is 50.4 Å². The molecule has 2 amide bonds. The van der Waals surface area contributed by atoms with Gasteiger partial charge in [0.05, 0.1) is 21.3 Å². The Morgan fingerprint density at radius 1 is 1.00 bits per heavy atom. The molecule has 0 aliphatic carbocycles. The summed E-state index contributed by atoms with van der Waals surface area (Å²) >= 11 is 6.32. The van der Waals surface area contributed by atoms with Gasteiger partial charge < -0.3 is 9.47 Å². The zero-order chi connectivity index (χ0) is 17.2. The molecule has 0 bridgehead atoms. The minimum Gasteiger partial charge on any atom is -0.395 e. The van der Waals surface area contributed by atoms with Gasteiger partial charge in [0.15, 0.2) is 11.5 Å². The third kappa shape index (κ3) is 2.07. The van der Waals surface area contributed by atoms with Gasteiger partial charge in [0.2, 0.25) is 0 Å². The largest absolute Gasteiger partial charge is 0.586 e. The van der Waals surface area contributed by atoms with Crippen molar-refractivity contribution < 1.29 is 27.8 Å². The number of ether oxygens (including phenoxy) is 2. The second-order valence-corrected chi connectivity index (χ2v) is 6.65. The highest BCUT2D eigenvalue weighted by molar-refractivity contribution is 9.11. The van der Waals surface area contributed by atoms with Crippen LogP contribution in [0.4, 0.5) is 14.5 Å². The molecule has 5 nitrogen and oxygen atoms in total. The van der Waals surface area contributed by atoms with Gasteiger partial charge in [-0.15, -0.1) is 8.78 Å². The van der Waals surface area contributed by atoms with E-state index in [1.54, 1.807) is 12.1 Å². The van der Waals surface area contributed by atoms with E-state index < -0.39 is 18.1 Å². The van der Waals surface area contributed by atoms with Gasteiger partial charge in [-0.05, 0) is 44.0 Å². The average Bonchev–Trinajstić information content (AvgIpc) is 2.96. The molecular weight excluding hydrogens is 456 g/mol. The van der Waals surface area contributed by atoms with Gasteiger partial charge in [0, 0.05) is 10.5 Å². The Bertz CT molecular complexity index is 897. The van der Waals surface area contributed by atoms with Crippen molar-refractivity contribution in [1.82, 2.24) is 0 Å². The predicted molar refractivity (Wildman–Crippen MR) is 85.6 cm³/mol. The van der Waals surface area contributed by atoms with Crippen molar-refractivity contribution >= 4 is 49.4 Å². The fourth-order valence-electron chi connectivity index (χ4n) is 2.61. The predicted octanol–water partition coefficient (Wildman–Crippen LogP) is 4.33. The van der Waals surface area contributed by atoms with Crippen LogP contribution in [0.15, 0.2) is 39.3 Å². The second kappa shape index (κ2) is 5.00. The second-order valence-electron chi connectivity index (χ2n) is 5.01. The number of alkyl halides is 2. The molecule has 2 aromatic rings. The number of fused-ring (bicyclic) bond motifs is 2. The lowest BCUT2D eigenvalue weighted by Gasteiger charge is -2.18. The van der Waals surface area contributed by atoms with Gasteiger partial charge in [0.25, 0.3) is 11.8 Å². The number of benzene rings is 2. The number of hydrogen-bond donors (Lipinski definition) is 0. The lowest BCUT2D eigenvalue weighted by atomic mass is 10.1. The first-order valence-corrected chi connectivity index (χ1v) is 8.14. The van der Waals surface area contributed by atoms with Crippen LogP contribution in [0, 0.1) is 0 Å². The molecule has 122 valence electrons. The van der Waals surface area contributed by atoms with Gasteiger partial charge in [0.1, 0.15) is 0 Å². The summed E-state index contributed by atoms with van der Waals surface area (Å²) in [6.45, 7) is 0. The topological polar surface area (TPSA) is 55.8 Å². The molecule has 24 heavy (non-hydrogen) atoms. The Morgan fingerprint density at radius 3 is 2.17 bits per heavy atom. The zero-order valence-corrected chi connectivity index (χ0v) is 14.7. The van der Waals surface area contributed by atoms with E-state index in [0.717, 1.165) is 4.90 Å². The first-order chi connectivity index (χ1) is 11.3. The monoisotopic (exact) mass is 459 g/mol. The number of imide groups is 1. The maximum atomic E-state index is 13.3. The lowest BCUT2D eigenvalue weighted by molar-refractivity contribution is -0.286. The normalized spacial score (nSPS) is 17.4. The quantitative estimate of drug-likeness (QED) is 0.594. The smallest absolute Gasteiger partial charge is 0.395 e. The minimum absolute atomic E-state index is 0.0126. The summed E-state index contributed by atoms with van der Waals surface area (Å²) in [6, 6.07) is 7.55. The highest BCUT2D eigenvalue weighted by Crippen LogP contribution is 2.53. The molecule has 2 heterocycles. The summed E-state index contributed by atoms with van der Waals surface area (Å²) in [6.07, 6.45) is -3.81. The Balaban J connectivity index is 1.88. The van der Waals surface area contributed by atoms with E-state index in [-0.39, 0.29) is 37.3 Å². The number of halogens is 4. The van der Waals surface area contributed by atoms with Crippen LogP contribution < -0.4 is 14.4 Å². The molecule has 2 aliphatic heterocycles. The van der Waals surface area contributed by atoms with Crippen LogP contribution in [0.3, 0.4) is 0 Å². The van der Waals surface area contributed by atoms with Crippen LogP contribution in [0.1, 0.15) is 20.7 Å². The third-order valence-corrected chi connectivity index (χ3v) is 4.92. The van der Waals surface area contributed by atoms with Crippen LogP contribution in [0.25, 0.3) is 0 Å². The van der Waals surface area contributed by atoms with E-state index in [4.69, 9.17) is 0 Å². The van der Waals surface area contributed by atoms with E-state index in [0.29, 0.717) is 0 Å². The molecule has 0 saturated carbocycles. The molecule has 4 rings (SSSR count). The number of anilines is 1. The summed E-state index contributed by atoms with van der Waals surface area (Å²) in [5, 5.41) is 0. The van der Waals surface area contributed by atoms with E-state index in [2.05, 4.69) is 41.3 Å². The Kier molecular flexibility index (Phi) is 3.23. The van der Waals surface area contributed by atoms with Crippen molar-refractivity contribution in [3.8, 4) is 11.5 Å². The van der Waals surface area contributed by atoms with Gasteiger partial charge in [-0.3, -0.25) is 9.59 Å². The molecule has 2 aromatic carbocycles. The number of rotatable bonds is 1. The van der Waals surface area contributed by atoms with Gasteiger partial charge >= 0.3 is 6.29 Å². The van der Waals surface area contributed by atoms with Crippen LogP contribution in [0.2, 0.25) is 0 Å². The molecule has 0 aromatic heterocycles. The number of hydrogen-bond acceptors (Lipinski definition) is 4. The van der Waals surface area contributed by atoms with Crippen molar-refractivity contribution in [1.29, 1.82) is 0 Å². The zero-order valence-electron chi connectivity index (χ0n) is 11.5. The maximum absolute atomic E-state index is 13.3. The van der Waals surface area contributed by atoms with E-state index in [9.17, 15) is 18.4 Å². The molecule has 0 unspecified atom stereocenters. The Morgan fingerprint density at radius 2 is 1.58 bits per heavy atom. The summed E-state index contributed by atoms with van der Waals surface area (Å²) in [7, 11) is 0. The first-order valence-electron chi connectivity index (χ1n) is 6.56. The molecule has 0 fully saturated rings. The number of nitrogens with zero attached hydrogens (tertiary/aromatic N) is 1. The molecule has 0 saturated heterocycles. The van der Waals surface area contributed by atoms with Gasteiger partial charge in [-0.1, -0.05) is 12.1 Å². The van der Waals surface area contributed by atoms with E-state index in [1.165, 1.54) is 18.2 Å². The summed E-state index contributed by atoms with van der Waals surface area (Å²) < 4.78 is 35.7. The van der Waals surface area contributed by atoms with Crippen molar-refractivity contribution in [2.24, 2.45) is 0 Å². The number of carbonyl (C=O) groups excluding carboxylic acids is 2. The molecular formula is C15H5Br2F2NO4. The lowest BCUT2D eigenvalue weighted by Crippen LogP contribution is -2.30. The Hall–Kier alpha value is -2.00. The minimum atomic E-state index is -3.81. The summed E-state index contributed by atoms with van der Waals surface area (Å²) in [5.41, 5.74) is 0.551. The molecule has 2 aliphatic rings. The summed E-state index contributed by atoms with van der Waals surface area (Å²) in [5.74, 6) is -1.60. The van der Waals surface area contributed by atoms with Gasteiger partial charge in [-0.2, -0.15) is 0 Å². The highest BCUT2D eigenvalue weighted by atomic mass is 79.9. The highest BCUT2D eigenvalue weighted by Gasteiger charge is 2.47. The third-order valence-electron chi connectivity index (χ3n) is 3.58. The first kappa shape index (κ1) is 15.5. The summed E-state index contributed by atoms with van der Waals surface area (Å²) in [4.78, 5) is 26.1. The van der Waals surface area contributed by atoms with Crippen molar-refractivity contribution in [2.45, 2.75) is 6.29 Å². The molecule has 0 N–H and O–H groups in total. The van der Waals surface area contributed by atoms with E-state index >= 15 is 0 Å². The number of carbonyl (C=O) groups is 2. The van der Waals surface area contributed by atoms with Crippen LogP contribution in [-0.2, 0) is 0 Å². The SMILES string of the molecule is O=C1c2ccccc2C(=O)N1c1c(Br)cc2c(c1Br)OC(F)(F)O2. The molecule has 0 spiro atoms. The van der Waals surface area contributed by atoms with Crippen LogP contribution in [0.5, 0.6) is 11.5 Å². The van der Waals surface area contributed by atoms with E-state index in [1.807, 2.05) is 0 Å². The standard InChI is InChI=1S/C15H5Br2F2NO4/c16-8-5-9-12(24-15(18,19)23-9)10(17)11(8)20-13(21)6-3-1-2-4-7(6)14(20)22/h1-5H. The van der Waals surface area contributed by atoms with Gasteiger partial charge in [-0.25, -0.2) is 4.90 Å².